The molecule has 3 rings (SSSR count). The van der Waals surface area contributed by atoms with Crippen molar-refractivity contribution in [3.8, 4) is 11.3 Å². The van der Waals surface area contributed by atoms with Gasteiger partial charge in [0.05, 0.1) is 11.7 Å². The number of nitrogens with zero attached hydrogens (tertiary/aromatic N) is 1. The minimum atomic E-state index is -0.378. The number of ether oxygens (including phenoxy) is 1. The van der Waals surface area contributed by atoms with Crippen molar-refractivity contribution in [2.75, 3.05) is 26.3 Å². The van der Waals surface area contributed by atoms with Gasteiger partial charge in [-0.15, -0.1) is 0 Å². The molecule has 134 valence electrons. The maximum Gasteiger partial charge on any atom is 0.289 e. The second-order valence-corrected chi connectivity index (χ2v) is 6.08. The Hall–Kier alpha value is -2.18. The number of amides is 1. The molecule has 1 fully saturated rings. The van der Waals surface area contributed by atoms with Gasteiger partial charge in [0.2, 0.25) is 0 Å². The van der Waals surface area contributed by atoms with Gasteiger partial charge >= 0.3 is 0 Å². The Morgan fingerprint density at radius 1 is 1.24 bits per heavy atom. The normalized spacial score (nSPS) is 15.5. The van der Waals surface area contributed by atoms with Gasteiger partial charge < -0.3 is 19.2 Å². The molecule has 0 radical (unpaired) electrons. The van der Waals surface area contributed by atoms with E-state index in [2.05, 4.69) is 0 Å². The minimum absolute atomic E-state index is 0.125. The number of carbonyl (C=O) groups excluding carboxylic acids is 1. The molecule has 0 spiro atoms. The predicted molar refractivity (Wildman–Crippen MR) is 90.7 cm³/mol. The number of piperidine rings is 1. The average Bonchev–Trinajstić information content (AvgIpc) is 3.12. The topological polar surface area (TPSA) is 62.9 Å². The first kappa shape index (κ1) is 17.6. The Morgan fingerprint density at radius 2 is 2.00 bits per heavy atom. The van der Waals surface area contributed by atoms with E-state index in [0.29, 0.717) is 37.4 Å². The Kier molecular flexibility index (Phi) is 5.83. The Balaban J connectivity index is 1.59. The van der Waals surface area contributed by atoms with E-state index in [1.54, 1.807) is 35.2 Å². The molecule has 1 saturated heterocycles. The molecular weight excluding hydrogens is 325 g/mol. The van der Waals surface area contributed by atoms with Gasteiger partial charge in [-0.2, -0.15) is 0 Å². The highest BCUT2D eigenvalue weighted by molar-refractivity contribution is 5.92. The first-order valence-electron chi connectivity index (χ1n) is 8.55. The average molecular weight is 347 g/mol. The van der Waals surface area contributed by atoms with Crippen LogP contribution in [-0.4, -0.2) is 48.3 Å². The lowest BCUT2D eigenvalue weighted by atomic mass is 10.1. The summed E-state index contributed by atoms with van der Waals surface area (Å²) in [5, 5.41) is 8.77. The summed E-state index contributed by atoms with van der Waals surface area (Å²) in [5.41, 5.74) is 0.345. The van der Waals surface area contributed by atoms with Gasteiger partial charge in [-0.05, 0) is 43.5 Å². The van der Waals surface area contributed by atoms with Crippen LogP contribution >= 0.6 is 0 Å². The summed E-state index contributed by atoms with van der Waals surface area (Å²) >= 11 is 0. The SMILES string of the molecule is O=C(c1ccc(-c2ccccc2F)o1)N1CCC(OCCCO)CC1. The molecule has 1 amide bonds. The zero-order valence-corrected chi connectivity index (χ0v) is 14.0. The predicted octanol–water partition coefficient (Wildman–Crippen LogP) is 3.09. The molecule has 1 aromatic heterocycles. The van der Waals surface area contributed by atoms with Crippen molar-refractivity contribution in [3.63, 3.8) is 0 Å². The van der Waals surface area contributed by atoms with E-state index >= 15 is 0 Å². The molecular formula is C19H22FNO4. The number of rotatable bonds is 6. The summed E-state index contributed by atoms with van der Waals surface area (Å²) in [6.07, 6.45) is 2.28. The fourth-order valence-corrected chi connectivity index (χ4v) is 2.95. The number of aliphatic hydroxyl groups is 1. The highest BCUT2D eigenvalue weighted by atomic mass is 19.1. The van der Waals surface area contributed by atoms with E-state index in [-0.39, 0.29) is 30.2 Å². The van der Waals surface area contributed by atoms with E-state index in [1.807, 2.05) is 0 Å². The van der Waals surface area contributed by atoms with E-state index < -0.39 is 0 Å². The van der Waals surface area contributed by atoms with Gasteiger partial charge in [0.1, 0.15) is 11.6 Å². The highest BCUT2D eigenvalue weighted by Crippen LogP contribution is 2.26. The highest BCUT2D eigenvalue weighted by Gasteiger charge is 2.26. The second-order valence-electron chi connectivity index (χ2n) is 6.08. The van der Waals surface area contributed by atoms with E-state index in [1.165, 1.54) is 6.07 Å². The molecule has 0 aliphatic carbocycles. The zero-order chi connectivity index (χ0) is 17.6. The van der Waals surface area contributed by atoms with E-state index in [4.69, 9.17) is 14.3 Å². The molecule has 6 heteroatoms. The number of hydrogen-bond acceptors (Lipinski definition) is 4. The molecule has 2 aromatic rings. The third-order valence-electron chi connectivity index (χ3n) is 4.34. The summed E-state index contributed by atoms with van der Waals surface area (Å²) < 4.78 is 25.1. The summed E-state index contributed by atoms with van der Waals surface area (Å²) in [7, 11) is 0. The van der Waals surface area contributed by atoms with Crippen LogP contribution in [-0.2, 0) is 4.74 Å². The molecule has 1 aliphatic rings. The van der Waals surface area contributed by atoms with Crippen molar-refractivity contribution in [3.05, 3.63) is 48.0 Å². The van der Waals surface area contributed by atoms with Crippen molar-refractivity contribution in [1.82, 2.24) is 4.90 Å². The Labute approximate surface area is 146 Å². The van der Waals surface area contributed by atoms with Crippen LogP contribution in [0.25, 0.3) is 11.3 Å². The molecule has 1 aliphatic heterocycles. The van der Waals surface area contributed by atoms with Crippen LogP contribution in [0, 0.1) is 5.82 Å². The Bertz CT molecular complexity index is 707. The minimum Gasteiger partial charge on any atom is -0.451 e. The third-order valence-corrected chi connectivity index (χ3v) is 4.34. The molecule has 1 N–H and O–H groups in total. The van der Waals surface area contributed by atoms with Crippen molar-refractivity contribution in [1.29, 1.82) is 0 Å². The largest absolute Gasteiger partial charge is 0.451 e. The smallest absolute Gasteiger partial charge is 0.289 e. The van der Waals surface area contributed by atoms with Crippen LogP contribution < -0.4 is 0 Å². The fraction of sp³-hybridized carbons (Fsp3) is 0.421. The molecule has 5 nitrogen and oxygen atoms in total. The number of hydrogen-bond donors (Lipinski definition) is 1. The van der Waals surface area contributed by atoms with Crippen molar-refractivity contribution < 1.29 is 23.4 Å². The third kappa shape index (κ3) is 4.27. The molecule has 1 aromatic carbocycles. The first-order chi connectivity index (χ1) is 12.2. The summed E-state index contributed by atoms with van der Waals surface area (Å²) in [6.45, 7) is 1.86. The maximum absolute atomic E-state index is 13.8. The van der Waals surface area contributed by atoms with Crippen molar-refractivity contribution >= 4 is 5.91 Å². The lowest BCUT2D eigenvalue weighted by Crippen LogP contribution is -2.40. The number of furan rings is 1. The standard InChI is InChI=1S/C19H22FNO4/c20-16-5-2-1-4-15(16)17-6-7-18(25-17)19(23)21-10-8-14(9-11-21)24-13-3-12-22/h1-2,4-7,14,22H,3,8-13H2. The zero-order valence-electron chi connectivity index (χ0n) is 14.0. The first-order valence-corrected chi connectivity index (χ1v) is 8.55. The van der Waals surface area contributed by atoms with Gasteiger partial charge in [-0.25, -0.2) is 4.39 Å². The molecule has 0 saturated carbocycles. The van der Waals surface area contributed by atoms with Gasteiger partial charge in [0.25, 0.3) is 5.91 Å². The van der Waals surface area contributed by atoms with Gasteiger partial charge in [0, 0.05) is 26.3 Å². The molecule has 25 heavy (non-hydrogen) atoms. The lowest BCUT2D eigenvalue weighted by Gasteiger charge is -2.31. The Morgan fingerprint density at radius 3 is 2.72 bits per heavy atom. The molecule has 2 heterocycles. The number of halogens is 1. The van der Waals surface area contributed by atoms with Gasteiger partial charge in [-0.3, -0.25) is 4.79 Å². The number of carbonyl (C=O) groups is 1. The van der Waals surface area contributed by atoms with Crippen molar-refractivity contribution in [2.45, 2.75) is 25.4 Å². The molecule has 0 bridgehead atoms. The summed E-state index contributed by atoms with van der Waals surface area (Å²) in [4.78, 5) is 14.3. The van der Waals surface area contributed by atoms with Crippen LogP contribution in [0.2, 0.25) is 0 Å². The lowest BCUT2D eigenvalue weighted by molar-refractivity contribution is 0.00329. The van der Waals surface area contributed by atoms with Crippen LogP contribution in [0.5, 0.6) is 0 Å². The maximum atomic E-state index is 13.8. The van der Waals surface area contributed by atoms with Crippen LogP contribution in [0.15, 0.2) is 40.8 Å². The summed E-state index contributed by atoms with van der Waals surface area (Å²) in [5.74, 6) is 0.00895. The van der Waals surface area contributed by atoms with E-state index in [0.717, 1.165) is 12.8 Å². The number of aliphatic hydroxyl groups excluding tert-OH is 1. The van der Waals surface area contributed by atoms with Crippen LogP contribution in [0.3, 0.4) is 0 Å². The van der Waals surface area contributed by atoms with Gasteiger partial charge in [0.15, 0.2) is 5.76 Å². The van der Waals surface area contributed by atoms with Crippen molar-refractivity contribution in [2.24, 2.45) is 0 Å². The number of benzene rings is 1. The van der Waals surface area contributed by atoms with Crippen LogP contribution in [0.1, 0.15) is 29.8 Å². The molecule has 0 unspecified atom stereocenters. The quantitative estimate of drug-likeness (QED) is 0.816. The summed E-state index contributed by atoms with van der Waals surface area (Å²) in [6, 6.07) is 9.54. The van der Waals surface area contributed by atoms with Crippen LogP contribution in [0.4, 0.5) is 4.39 Å². The molecule has 0 atom stereocenters. The monoisotopic (exact) mass is 347 g/mol. The fourth-order valence-electron chi connectivity index (χ4n) is 2.95. The second kappa shape index (κ2) is 8.27. The number of likely N-dealkylation sites (tertiary alicyclic amines) is 1. The van der Waals surface area contributed by atoms with Gasteiger partial charge in [-0.1, -0.05) is 12.1 Å². The van der Waals surface area contributed by atoms with E-state index in [9.17, 15) is 9.18 Å².